The zero-order valence-electron chi connectivity index (χ0n) is 10.1. The Labute approximate surface area is 122 Å². The molecule has 1 heterocycles. The minimum absolute atomic E-state index is 0.292. The van der Waals surface area contributed by atoms with Crippen LogP contribution >= 0.6 is 27.3 Å². The highest BCUT2D eigenvalue weighted by atomic mass is 79.9. The number of hydrogen-bond donors (Lipinski definition) is 1. The van der Waals surface area contributed by atoms with E-state index in [9.17, 15) is 4.39 Å². The molecular formula is C14H10BrFN2S. The molecule has 2 nitrogen and oxygen atoms in total. The lowest BCUT2D eigenvalue weighted by atomic mass is 10.2. The summed E-state index contributed by atoms with van der Waals surface area (Å²) in [6, 6.07) is 10.8. The average molecular weight is 337 g/mol. The maximum absolute atomic E-state index is 13.7. The molecule has 0 unspecified atom stereocenters. The van der Waals surface area contributed by atoms with E-state index in [1.54, 1.807) is 12.1 Å². The molecule has 1 aromatic heterocycles. The average Bonchev–Trinajstić information content (AvgIpc) is 2.78. The fourth-order valence-corrected chi connectivity index (χ4v) is 3.17. The Morgan fingerprint density at radius 3 is 2.89 bits per heavy atom. The standard InChI is InChI=1S/C14H10BrFN2S/c1-8-3-2-4-12-13(8)18-14(19-12)17-11-7-9(15)5-6-10(11)16/h2-7H,1H3,(H,17,18). The molecule has 2 aromatic carbocycles. The zero-order valence-corrected chi connectivity index (χ0v) is 12.5. The van der Waals surface area contributed by atoms with Crippen molar-refractivity contribution < 1.29 is 4.39 Å². The molecule has 19 heavy (non-hydrogen) atoms. The Morgan fingerprint density at radius 1 is 1.26 bits per heavy atom. The topological polar surface area (TPSA) is 24.9 Å². The SMILES string of the molecule is Cc1cccc2sc(Nc3cc(Br)ccc3F)nc12. The van der Waals surface area contributed by atoms with Crippen LogP contribution in [0.2, 0.25) is 0 Å². The van der Waals surface area contributed by atoms with Crippen LogP contribution < -0.4 is 5.32 Å². The fourth-order valence-electron chi connectivity index (χ4n) is 1.85. The molecule has 0 amide bonds. The van der Waals surface area contributed by atoms with Crippen molar-refractivity contribution >= 4 is 48.3 Å². The molecule has 0 bridgehead atoms. The highest BCUT2D eigenvalue weighted by Crippen LogP contribution is 2.31. The third-order valence-corrected chi connectivity index (χ3v) is 4.22. The van der Waals surface area contributed by atoms with Gasteiger partial charge in [-0.3, -0.25) is 0 Å². The van der Waals surface area contributed by atoms with Crippen molar-refractivity contribution in [2.75, 3.05) is 5.32 Å². The first-order chi connectivity index (χ1) is 9.13. The van der Waals surface area contributed by atoms with Gasteiger partial charge in [0.25, 0.3) is 0 Å². The van der Waals surface area contributed by atoms with Gasteiger partial charge in [-0.1, -0.05) is 39.4 Å². The van der Waals surface area contributed by atoms with Gasteiger partial charge in [0.05, 0.1) is 15.9 Å². The van der Waals surface area contributed by atoms with Crippen LogP contribution in [0.15, 0.2) is 40.9 Å². The van der Waals surface area contributed by atoms with E-state index >= 15 is 0 Å². The van der Waals surface area contributed by atoms with E-state index in [4.69, 9.17) is 0 Å². The minimum Gasteiger partial charge on any atom is -0.329 e. The number of para-hydroxylation sites is 1. The molecule has 5 heteroatoms. The van der Waals surface area contributed by atoms with E-state index in [-0.39, 0.29) is 5.82 Å². The Kier molecular flexibility index (Phi) is 3.24. The normalized spacial score (nSPS) is 10.9. The molecule has 0 atom stereocenters. The number of thiazole rings is 1. The summed E-state index contributed by atoms with van der Waals surface area (Å²) in [5.74, 6) is -0.292. The molecule has 3 rings (SSSR count). The van der Waals surface area contributed by atoms with E-state index in [1.165, 1.54) is 17.4 Å². The predicted molar refractivity (Wildman–Crippen MR) is 81.7 cm³/mol. The van der Waals surface area contributed by atoms with Crippen molar-refractivity contribution in [3.8, 4) is 0 Å². The number of nitrogens with one attached hydrogen (secondary N) is 1. The first kappa shape index (κ1) is 12.6. The van der Waals surface area contributed by atoms with Crippen molar-refractivity contribution in [2.24, 2.45) is 0 Å². The molecule has 0 fully saturated rings. The number of benzene rings is 2. The first-order valence-electron chi connectivity index (χ1n) is 5.72. The molecule has 0 aliphatic heterocycles. The van der Waals surface area contributed by atoms with Gasteiger partial charge in [-0.05, 0) is 36.8 Å². The van der Waals surface area contributed by atoms with E-state index in [0.29, 0.717) is 10.8 Å². The second-order valence-electron chi connectivity index (χ2n) is 4.19. The number of aryl methyl sites for hydroxylation is 1. The molecule has 1 N–H and O–H groups in total. The summed E-state index contributed by atoms with van der Waals surface area (Å²) in [5, 5.41) is 3.73. The van der Waals surface area contributed by atoms with Crippen molar-refractivity contribution in [2.45, 2.75) is 6.92 Å². The number of rotatable bonds is 2. The van der Waals surface area contributed by atoms with Crippen LogP contribution in [0, 0.1) is 12.7 Å². The van der Waals surface area contributed by atoms with Crippen LogP contribution in [-0.2, 0) is 0 Å². The maximum atomic E-state index is 13.7. The number of nitrogens with zero attached hydrogens (tertiary/aromatic N) is 1. The second-order valence-corrected chi connectivity index (χ2v) is 6.14. The lowest BCUT2D eigenvalue weighted by molar-refractivity contribution is 0.631. The maximum Gasteiger partial charge on any atom is 0.188 e. The Balaban J connectivity index is 2.01. The number of halogens is 2. The molecule has 0 saturated heterocycles. The number of anilines is 2. The molecule has 0 spiro atoms. The van der Waals surface area contributed by atoms with Crippen molar-refractivity contribution in [3.63, 3.8) is 0 Å². The number of hydrogen-bond acceptors (Lipinski definition) is 3. The van der Waals surface area contributed by atoms with E-state index in [2.05, 4.69) is 26.2 Å². The smallest absolute Gasteiger partial charge is 0.188 e. The molecule has 0 aliphatic carbocycles. The van der Waals surface area contributed by atoms with E-state index in [0.717, 1.165) is 20.3 Å². The summed E-state index contributed by atoms with van der Waals surface area (Å²) in [4.78, 5) is 4.50. The van der Waals surface area contributed by atoms with Gasteiger partial charge < -0.3 is 5.32 Å². The van der Waals surface area contributed by atoms with Crippen LogP contribution in [0.1, 0.15) is 5.56 Å². The highest BCUT2D eigenvalue weighted by Gasteiger charge is 2.08. The predicted octanol–water partition coefficient (Wildman–Crippen LogP) is 5.25. The summed E-state index contributed by atoms with van der Waals surface area (Å²) < 4.78 is 15.6. The van der Waals surface area contributed by atoms with Gasteiger partial charge in [0.1, 0.15) is 5.82 Å². The third kappa shape index (κ3) is 2.48. The third-order valence-electron chi connectivity index (χ3n) is 2.79. The largest absolute Gasteiger partial charge is 0.329 e. The van der Waals surface area contributed by atoms with Gasteiger partial charge in [0.2, 0.25) is 0 Å². The summed E-state index contributed by atoms with van der Waals surface area (Å²) in [5.41, 5.74) is 2.51. The monoisotopic (exact) mass is 336 g/mol. The minimum atomic E-state index is -0.292. The van der Waals surface area contributed by atoms with Gasteiger partial charge in [0.15, 0.2) is 5.13 Å². The fraction of sp³-hybridized carbons (Fsp3) is 0.0714. The first-order valence-corrected chi connectivity index (χ1v) is 7.32. The van der Waals surface area contributed by atoms with Gasteiger partial charge >= 0.3 is 0 Å². The van der Waals surface area contributed by atoms with E-state index in [1.807, 2.05) is 25.1 Å². The Hall–Kier alpha value is -1.46. The summed E-state index contributed by atoms with van der Waals surface area (Å²) in [7, 11) is 0. The van der Waals surface area contributed by atoms with Gasteiger partial charge in [-0.2, -0.15) is 0 Å². The highest BCUT2D eigenvalue weighted by molar-refractivity contribution is 9.10. The quantitative estimate of drug-likeness (QED) is 0.691. The van der Waals surface area contributed by atoms with Crippen molar-refractivity contribution in [3.05, 3.63) is 52.3 Å². The van der Waals surface area contributed by atoms with Gasteiger partial charge in [-0.15, -0.1) is 0 Å². The molecular weight excluding hydrogens is 327 g/mol. The lowest BCUT2D eigenvalue weighted by Gasteiger charge is -2.04. The van der Waals surface area contributed by atoms with Gasteiger partial charge in [-0.25, -0.2) is 9.37 Å². The van der Waals surface area contributed by atoms with Crippen LogP contribution in [0.4, 0.5) is 15.2 Å². The Bertz CT molecular complexity index is 754. The molecule has 0 aliphatic rings. The van der Waals surface area contributed by atoms with Crippen LogP contribution in [0.25, 0.3) is 10.2 Å². The van der Waals surface area contributed by atoms with Gasteiger partial charge in [0, 0.05) is 4.47 Å². The van der Waals surface area contributed by atoms with Crippen LogP contribution in [0.5, 0.6) is 0 Å². The molecule has 96 valence electrons. The van der Waals surface area contributed by atoms with Crippen LogP contribution in [-0.4, -0.2) is 4.98 Å². The van der Waals surface area contributed by atoms with Crippen molar-refractivity contribution in [1.29, 1.82) is 0 Å². The zero-order chi connectivity index (χ0) is 13.4. The summed E-state index contributed by atoms with van der Waals surface area (Å²) in [6.45, 7) is 2.02. The summed E-state index contributed by atoms with van der Waals surface area (Å²) in [6.07, 6.45) is 0. The van der Waals surface area contributed by atoms with Crippen molar-refractivity contribution in [1.82, 2.24) is 4.98 Å². The molecule has 3 aromatic rings. The Morgan fingerprint density at radius 2 is 2.11 bits per heavy atom. The lowest BCUT2D eigenvalue weighted by Crippen LogP contribution is -1.92. The molecule has 0 saturated carbocycles. The molecule has 0 radical (unpaired) electrons. The second kappa shape index (κ2) is 4.90. The van der Waals surface area contributed by atoms with E-state index < -0.39 is 0 Å². The number of fused-ring (bicyclic) bond motifs is 1. The number of aromatic nitrogens is 1. The van der Waals surface area contributed by atoms with Crippen LogP contribution in [0.3, 0.4) is 0 Å². The summed E-state index contributed by atoms with van der Waals surface area (Å²) >= 11 is 4.85.